The predicted octanol–water partition coefficient (Wildman–Crippen LogP) is 2.95. The summed E-state index contributed by atoms with van der Waals surface area (Å²) in [5.74, 6) is 0.346. The molecule has 0 aromatic heterocycles. The Kier molecular flexibility index (Phi) is 5.26. The zero-order valence-corrected chi connectivity index (χ0v) is 12.7. The topological polar surface area (TPSA) is 32.3 Å². The second-order valence-corrected chi connectivity index (χ2v) is 7.08. The lowest BCUT2D eigenvalue weighted by atomic mass is 9.85. The number of nitrogens with zero attached hydrogens (tertiary/aromatic N) is 1. The minimum absolute atomic E-state index is 0.346. The summed E-state index contributed by atoms with van der Waals surface area (Å²) < 4.78 is 0. The molecule has 1 aliphatic carbocycles. The molecule has 1 aliphatic heterocycles. The second-order valence-electron chi connectivity index (χ2n) is 7.08. The summed E-state index contributed by atoms with van der Waals surface area (Å²) in [5.41, 5.74) is 0.516. The molecule has 19 heavy (non-hydrogen) atoms. The van der Waals surface area contributed by atoms with Gasteiger partial charge in [0.15, 0.2) is 0 Å². The first-order valence-corrected chi connectivity index (χ1v) is 8.08. The summed E-state index contributed by atoms with van der Waals surface area (Å²) >= 11 is 0. The van der Waals surface area contributed by atoms with Crippen LogP contribution in [0.25, 0.3) is 0 Å². The number of hydrogen-bond donors (Lipinski definition) is 1. The SMILES string of the molecule is CC1(C)CCCC(NCCC(=O)N2CCCC2)CC1. The van der Waals surface area contributed by atoms with Crippen LogP contribution in [0, 0.1) is 5.41 Å². The molecule has 1 N–H and O–H groups in total. The van der Waals surface area contributed by atoms with Crippen LogP contribution in [0.5, 0.6) is 0 Å². The van der Waals surface area contributed by atoms with Crippen molar-refractivity contribution in [3.8, 4) is 0 Å². The van der Waals surface area contributed by atoms with E-state index in [1.165, 1.54) is 44.9 Å². The van der Waals surface area contributed by atoms with Gasteiger partial charge in [-0.2, -0.15) is 0 Å². The Balaban J connectivity index is 1.63. The molecule has 2 fully saturated rings. The van der Waals surface area contributed by atoms with Crippen molar-refractivity contribution in [3.05, 3.63) is 0 Å². The van der Waals surface area contributed by atoms with Crippen molar-refractivity contribution >= 4 is 5.91 Å². The number of rotatable bonds is 4. The lowest BCUT2D eigenvalue weighted by Gasteiger charge is -2.22. The average molecular weight is 266 g/mol. The third-order valence-corrected chi connectivity index (χ3v) is 4.81. The molecule has 0 spiro atoms. The maximum absolute atomic E-state index is 11.9. The Morgan fingerprint density at radius 3 is 2.63 bits per heavy atom. The third kappa shape index (κ3) is 4.79. The van der Waals surface area contributed by atoms with Crippen LogP contribution in [0.1, 0.15) is 65.2 Å². The van der Waals surface area contributed by atoms with Gasteiger partial charge in [0.25, 0.3) is 0 Å². The van der Waals surface area contributed by atoms with Crippen LogP contribution < -0.4 is 5.32 Å². The van der Waals surface area contributed by atoms with Crippen molar-refractivity contribution in [1.82, 2.24) is 10.2 Å². The summed E-state index contributed by atoms with van der Waals surface area (Å²) in [6.07, 6.45) is 9.59. The van der Waals surface area contributed by atoms with Crippen molar-refractivity contribution in [3.63, 3.8) is 0 Å². The Morgan fingerprint density at radius 2 is 1.89 bits per heavy atom. The molecule has 0 radical (unpaired) electrons. The highest BCUT2D eigenvalue weighted by Crippen LogP contribution is 2.33. The van der Waals surface area contributed by atoms with Gasteiger partial charge >= 0.3 is 0 Å². The van der Waals surface area contributed by atoms with Gasteiger partial charge in [-0.05, 0) is 43.9 Å². The smallest absolute Gasteiger partial charge is 0.223 e. The molecule has 0 aromatic rings. The molecule has 3 heteroatoms. The van der Waals surface area contributed by atoms with E-state index >= 15 is 0 Å². The molecule has 110 valence electrons. The molecule has 1 amide bonds. The van der Waals surface area contributed by atoms with E-state index in [1.54, 1.807) is 0 Å². The van der Waals surface area contributed by atoms with Crippen molar-refractivity contribution in [2.45, 2.75) is 71.3 Å². The van der Waals surface area contributed by atoms with Crippen LogP contribution in [0.2, 0.25) is 0 Å². The Bertz CT molecular complexity index is 295. The summed E-state index contributed by atoms with van der Waals surface area (Å²) in [5, 5.41) is 3.61. The number of carbonyl (C=O) groups is 1. The van der Waals surface area contributed by atoms with Gasteiger partial charge in [0.1, 0.15) is 0 Å². The third-order valence-electron chi connectivity index (χ3n) is 4.81. The number of carbonyl (C=O) groups excluding carboxylic acids is 1. The summed E-state index contributed by atoms with van der Waals surface area (Å²) in [6, 6.07) is 0.633. The quantitative estimate of drug-likeness (QED) is 0.794. The van der Waals surface area contributed by atoms with Gasteiger partial charge in [0, 0.05) is 32.1 Å². The molecule has 1 heterocycles. The Labute approximate surface area is 118 Å². The molecular weight excluding hydrogens is 236 g/mol. The minimum Gasteiger partial charge on any atom is -0.343 e. The number of amides is 1. The summed E-state index contributed by atoms with van der Waals surface area (Å²) in [6.45, 7) is 7.59. The van der Waals surface area contributed by atoms with E-state index in [9.17, 15) is 4.79 Å². The molecule has 2 rings (SSSR count). The van der Waals surface area contributed by atoms with Crippen LogP contribution in [0.15, 0.2) is 0 Å². The maximum Gasteiger partial charge on any atom is 0.223 e. The fourth-order valence-corrected chi connectivity index (χ4v) is 3.37. The van der Waals surface area contributed by atoms with Crippen LogP contribution in [0.3, 0.4) is 0 Å². The maximum atomic E-state index is 11.9. The van der Waals surface area contributed by atoms with Gasteiger partial charge < -0.3 is 10.2 Å². The van der Waals surface area contributed by atoms with Crippen LogP contribution >= 0.6 is 0 Å². The highest BCUT2D eigenvalue weighted by Gasteiger charge is 2.24. The van der Waals surface area contributed by atoms with Gasteiger partial charge in [-0.1, -0.05) is 20.3 Å². The molecule has 1 saturated heterocycles. The molecular formula is C16H30N2O. The van der Waals surface area contributed by atoms with E-state index in [0.29, 0.717) is 23.8 Å². The molecule has 1 atom stereocenters. The zero-order valence-electron chi connectivity index (χ0n) is 12.7. The molecule has 2 aliphatic rings. The van der Waals surface area contributed by atoms with E-state index in [2.05, 4.69) is 19.2 Å². The fraction of sp³-hybridized carbons (Fsp3) is 0.938. The van der Waals surface area contributed by atoms with Crippen LogP contribution in [-0.2, 0) is 4.79 Å². The molecule has 0 aromatic carbocycles. The Morgan fingerprint density at radius 1 is 1.16 bits per heavy atom. The molecule has 0 bridgehead atoms. The number of hydrogen-bond acceptors (Lipinski definition) is 2. The van der Waals surface area contributed by atoms with Crippen molar-refractivity contribution in [2.75, 3.05) is 19.6 Å². The van der Waals surface area contributed by atoms with Crippen molar-refractivity contribution in [1.29, 1.82) is 0 Å². The average Bonchev–Trinajstić information content (AvgIpc) is 2.83. The molecule has 1 saturated carbocycles. The summed E-state index contributed by atoms with van der Waals surface area (Å²) in [7, 11) is 0. The van der Waals surface area contributed by atoms with Gasteiger partial charge in [0.2, 0.25) is 5.91 Å². The van der Waals surface area contributed by atoms with Crippen LogP contribution in [0.4, 0.5) is 0 Å². The highest BCUT2D eigenvalue weighted by atomic mass is 16.2. The standard InChI is InChI=1S/C16H30N2O/c1-16(2)9-5-6-14(7-10-16)17-11-8-15(19)18-12-3-4-13-18/h14,17H,3-13H2,1-2H3. The number of likely N-dealkylation sites (tertiary alicyclic amines) is 1. The highest BCUT2D eigenvalue weighted by molar-refractivity contribution is 5.76. The zero-order chi connectivity index (χ0) is 13.7. The van der Waals surface area contributed by atoms with E-state index in [0.717, 1.165) is 19.6 Å². The van der Waals surface area contributed by atoms with Gasteiger partial charge in [-0.25, -0.2) is 0 Å². The lowest BCUT2D eigenvalue weighted by molar-refractivity contribution is -0.130. The monoisotopic (exact) mass is 266 g/mol. The minimum atomic E-state index is 0.346. The first kappa shape index (κ1) is 14.8. The van der Waals surface area contributed by atoms with E-state index in [-0.39, 0.29) is 0 Å². The largest absolute Gasteiger partial charge is 0.343 e. The second kappa shape index (κ2) is 6.74. The first-order chi connectivity index (χ1) is 9.07. The van der Waals surface area contributed by atoms with Gasteiger partial charge in [-0.15, -0.1) is 0 Å². The fourth-order valence-electron chi connectivity index (χ4n) is 3.37. The Hall–Kier alpha value is -0.570. The van der Waals surface area contributed by atoms with Gasteiger partial charge in [-0.3, -0.25) is 4.79 Å². The molecule has 1 unspecified atom stereocenters. The predicted molar refractivity (Wildman–Crippen MR) is 79.1 cm³/mol. The van der Waals surface area contributed by atoms with Gasteiger partial charge in [0.05, 0.1) is 0 Å². The van der Waals surface area contributed by atoms with Crippen molar-refractivity contribution in [2.24, 2.45) is 5.41 Å². The first-order valence-electron chi connectivity index (χ1n) is 8.08. The molecule has 3 nitrogen and oxygen atoms in total. The van der Waals surface area contributed by atoms with E-state index < -0.39 is 0 Å². The van der Waals surface area contributed by atoms with Crippen LogP contribution in [-0.4, -0.2) is 36.5 Å². The summed E-state index contributed by atoms with van der Waals surface area (Å²) in [4.78, 5) is 14.0. The number of nitrogens with one attached hydrogen (secondary N) is 1. The lowest BCUT2D eigenvalue weighted by Crippen LogP contribution is -2.34. The van der Waals surface area contributed by atoms with E-state index in [4.69, 9.17) is 0 Å². The normalized spacial score (nSPS) is 27.3. The van der Waals surface area contributed by atoms with E-state index in [1.807, 2.05) is 4.90 Å². The van der Waals surface area contributed by atoms with Crippen molar-refractivity contribution < 1.29 is 4.79 Å².